The highest BCUT2D eigenvalue weighted by Gasteiger charge is 2.16. The van der Waals surface area contributed by atoms with Gasteiger partial charge in [0, 0.05) is 7.05 Å². The third-order valence-corrected chi connectivity index (χ3v) is 2.78. The zero-order valence-corrected chi connectivity index (χ0v) is 11.3. The lowest BCUT2D eigenvalue weighted by Crippen LogP contribution is -2.17. The maximum atomic E-state index is 14.1. The number of aryl methyl sites for hydroxylation is 2. The van der Waals surface area contributed by atoms with Gasteiger partial charge in [0.25, 0.3) is 0 Å². The molecule has 0 saturated heterocycles. The topological polar surface area (TPSA) is 24.1 Å². The quantitative estimate of drug-likeness (QED) is 0.836. The van der Waals surface area contributed by atoms with E-state index in [0.717, 1.165) is 6.42 Å². The highest BCUT2D eigenvalue weighted by Crippen LogP contribution is 2.26. The lowest BCUT2D eigenvalue weighted by atomic mass is 10.1. The van der Waals surface area contributed by atoms with Gasteiger partial charge < -0.3 is 10.6 Å². The average molecular weight is 254 g/mol. The van der Waals surface area contributed by atoms with Crippen LogP contribution in [0.5, 0.6) is 0 Å². The molecule has 0 aliphatic heterocycles. The molecule has 0 spiro atoms. The van der Waals surface area contributed by atoms with E-state index in [4.69, 9.17) is 0 Å². The highest BCUT2D eigenvalue weighted by molar-refractivity contribution is 5.55. The molecule has 0 fully saturated rings. The normalized spacial score (nSPS) is 11.6. The summed E-state index contributed by atoms with van der Waals surface area (Å²) < 4.78 is 28.1. The Morgan fingerprint density at radius 3 is 2.44 bits per heavy atom. The molecule has 100 valence electrons. The van der Waals surface area contributed by atoms with Crippen molar-refractivity contribution in [1.82, 2.24) is 5.32 Å². The Bertz CT molecular complexity index is 454. The lowest BCUT2D eigenvalue weighted by Gasteiger charge is -2.15. The standard InChI is InChI=1S/C14H20F2N2/c1-5-7-11(17-4)18-14-12(15)9(3)8-10(6-2)13(14)16/h7-8,17-18H,5-6H2,1-4H3/b11-7-. The smallest absolute Gasteiger partial charge is 0.152 e. The average Bonchev–Trinajstić information content (AvgIpc) is 2.37. The van der Waals surface area contributed by atoms with Crippen LogP contribution in [0.15, 0.2) is 18.0 Å². The van der Waals surface area contributed by atoms with Gasteiger partial charge in [-0.1, -0.05) is 19.9 Å². The van der Waals surface area contributed by atoms with E-state index in [1.54, 1.807) is 20.0 Å². The molecule has 0 heterocycles. The summed E-state index contributed by atoms with van der Waals surface area (Å²) in [5.41, 5.74) is 0.881. The summed E-state index contributed by atoms with van der Waals surface area (Å²) in [5, 5.41) is 5.66. The second-order valence-electron chi connectivity index (χ2n) is 4.11. The van der Waals surface area contributed by atoms with Crippen LogP contribution < -0.4 is 10.6 Å². The van der Waals surface area contributed by atoms with Gasteiger partial charge in [-0.2, -0.15) is 0 Å². The first-order valence-corrected chi connectivity index (χ1v) is 6.17. The van der Waals surface area contributed by atoms with Crippen molar-refractivity contribution in [3.8, 4) is 0 Å². The first-order chi connectivity index (χ1) is 8.54. The molecule has 0 saturated carbocycles. The fourth-order valence-electron chi connectivity index (χ4n) is 1.76. The molecule has 1 rings (SSSR count). The second-order valence-corrected chi connectivity index (χ2v) is 4.11. The molecule has 4 heteroatoms. The predicted molar refractivity (Wildman–Crippen MR) is 71.5 cm³/mol. The van der Waals surface area contributed by atoms with E-state index in [9.17, 15) is 8.78 Å². The molecule has 18 heavy (non-hydrogen) atoms. The van der Waals surface area contributed by atoms with Crippen molar-refractivity contribution in [3.63, 3.8) is 0 Å². The van der Waals surface area contributed by atoms with Crippen molar-refractivity contribution in [2.45, 2.75) is 33.6 Å². The van der Waals surface area contributed by atoms with Crippen molar-refractivity contribution in [2.24, 2.45) is 0 Å². The maximum absolute atomic E-state index is 14.1. The Morgan fingerprint density at radius 1 is 1.28 bits per heavy atom. The van der Waals surface area contributed by atoms with Gasteiger partial charge in [-0.3, -0.25) is 0 Å². The molecular weight excluding hydrogens is 234 g/mol. The first-order valence-electron chi connectivity index (χ1n) is 6.17. The zero-order valence-electron chi connectivity index (χ0n) is 11.3. The fourth-order valence-corrected chi connectivity index (χ4v) is 1.76. The van der Waals surface area contributed by atoms with E-state index in [0.29, 0.717) is 23.4 Å². The lowest BCUT2D eigenvalue weighted by molar-refractivity contribution is 0.574. The van der Waals surface area contributed by atoms with Gasteiger partial charge in [-0.05, 0) is 37.0 Å². The highest BCUT2D eigenvalue weighted by atomic mass is 19.1. The summed E-state index contributed by atoms with van der Waals surface area (Å²) >= 11 is 0. The second kappa shape index (κ2) is 6.38. The zero-order chi connectivity index (χ0) is 13.7. The van der Waals surface area contributed by atoms with Gasteiger partial charge in [0.2, 0.25) is 0 Å². The van der Waals surface area contributed by atoms with Gasteiger partial charge >= 0.3 is 0 Å². The molecule has 2 N–H and O–H groups in total. The number of hydrogen-bond acceptors (Lipinski definition) is 2. The minimum atomic E-state index is -0.540. The summed E-state index contributed by atoms with van der Waals surface area (Å²) in [4.78, 5) is 0. The SMILES string of the molecule is CC/C=C(/NC)Nc1c(F)c(C)cc(CC)c1F. The summed E-state index contributed by atoms with van der Waals surface area (Å²) in [5.74, 6) is -0.456. The third-order valence-electron chi connectivity index (χ3n) is 2.78. The summed E-state index contributed by atoms with van der Waals surface area (Å²) in [6.07, 6.45) is 3.15. The maximum Gasteiger partial charge on any atom is 0.152 e. The molecule has 0 aliphatic carbocycles. The molecule has 0 unspecified atom stereocenters. The van der Waals surface area contributed by atoms with Crippen LogP contribution in [0.1, 0.15) is 31.4 Å². The Morgan fingerprint density at radius 2 is 1.94 bits per heavy atom. The van der Waals surface area contributed by atoms with Gasteiger partial charge in [0.15, 0.2) is 11.6 Å². The number of benzene rings is 1. The molecule has 0 aliphatic rings. The molecule has 0 atom stereocenters. The summed E-state index contributed by atoms with van der Waals surface area (Å²) in [7, 11) is 1.71. The van der Waals surface area contributed by atoms with Crippen molar-refractivity contribution < 1.29 is 8.78 Å². The Labute approximate surface area is 107 Å². The minimum Gasteiger partial charge on any atom is -0.375 e. The molecular formula is C14H20F2N2. The van der Waals surface area contributed by atoms with E-state index < -0.39 is 11.6 Å². The summed E-state index contributed by atoms with van der Waals surface area (Å²) in [6, 6.07) is 1.55. The van der Waals surface area contributed by atoms with Crippen LogP contribution in [0.4, 0.5) is 14.5 Å². The molecule has 1 aromatic rings. The van der Waals surface area contributed by atoms with Gasteiger partial charge in [-0.15, -0.1) is 0 Å². The molecule has 0 radical (unpaired) electrons. The Hall–Kier alpha value is -1.58. The first kappa shape index (κ1) is 14.5. The van der Waals surface area contributed by atoms with Crippen LogP contribution in [0.3, 0.4) is 0 Å². The molecule has 0 bridgehead atoms. The predicted octanol–water partition coefficient (Wildman–Crippen LogP) is 3.72. The largest absolute Gasteiger partial charge is 0.375 e. The van der Waals surface area contributed by atoms with E-state index in [2.05, 4.69) is 10.6 Å². The molecule has 1 aromatic carbocycles. The Kier molecular flexibility index (Phi) is 5.13. The number of rotatable bonds is 5. The van der Waals surface area contributed by atoms with Crippen molar-refractivity contribution in [1.29, 1.82) is 0 Å². The summed E-state index contributed by atoms with van der Waals surface area (Å²) in [6.45, 7) is 5.45. The van der Waals surface area contributed by atoms with E-state index in [1.165, 1.54) is 0 Å². The van der Waals surface area contributed by atoms with Crippen LogP contribution in [0.25, 0.3) is 0 Å². The van der Waals surface area contributed by atoms with Crippen LogP contribution >= 0.6 is 0 Å². The van der Waals surface area contributed by atoms with Crippen LogP contribution in [0, 0.1) is 18.6 Å². The van der Waals surface area contributed by atoms with Crippen molar-refractivity contribution in [3.05, 3.63) is 40.7 Å². The third kappa shape index (κ3) is 3.00. The van der Waals surface area contributed by atoms with Crippen LogP contribution in [-0.4, -0.2) is 7.05 Å². The van der Waals surface area contributed by atoms with Crippen LogP contribution in [0.2, 0.25) is 0 Å². The Balaban J connectivity index is 3.22. The molecule has 0 aromatic heterocycles. The van der Waals surface area contributed by atoms with Crippen LogP contribution in [-0.2, 0) is 6.42 Å². The van der Waals surface area contributed by atoms with E-state index >= 15 is 0 Å². The van der Waals surface area contributed by atoms with E-state index in [-0.39, 0.29) is 5.69 Å². The fraction of sp³-hybridized carbons (Fsp3) is 0.429. The minimum absolute atomic E-state index is 0.0825. The monoisotopic (exact) mass is 254 g/mol. The molecule has 2 nitrogen and oxygen atoms in total. The number of anilines is 1. The van der Waals surface area contributed by atoms with Gasteiger partial charge in [-0.25, -0.2) is 8.78 Å². The van der Waals surface area contributed by atoms with E-state index in [1.807, 2.05) is 19.9 Å². The molecule has 0 amide bonds. The van der Waals surface area contributed by atoms with Gasteiger partial charge in [0.1, 0.15) is 5.69 Å². The number of halogens is 2. The number of hydrogen-bond donors (Lipinski definition) is 2. The van der Waals surface area contributed by atoms with Gasteiger partial charge in [0.05, 0.1) is 5.82 Å². The van der Waals surface area contributed by atoms with Crippen molar-refractivity contribution in [2.75, 3.05) is 12.4 Å². The number of nitrogens with one attached hydrogen (secondary N) is 2. The number of allylic oxidation sites excluding steroid dienone is 1. The van der Waals surface area contributed by atoms with Crippen molar-refractivity contribution >= 4 is 5.69 Å².